The monoisotopic (exact) mass is 388 g/mol. The first-order valence-electron chi connectivity index (χ1n) is 8.24. The molecule has 0 unspecified atom stereocenters. The van der Waals surface area contributed by atoms with E-state index in [-0.39, 0.29) is 11.5 Å². The molecule has 2 aromatic carbocycles. The van der Waals surface area contributed by atoms with Crippen LogP contribution in [0.3, 0.4) is 0 Å². The summed E-state index contributed by atoms with van der Waals surface area (Å²) >= 11 is 0. The number of benzene rings is 2. The summed E-state index contributed by atoms with van der Waals surface area (Å²) in [6.45, 7) is 2.54. The van der Waals surface area contributed by atoms with Gasteiger partial charge in [0.15, 0.2) is 0 Å². The molecule has 1 saturated heterocycles. The molecule has 11 nitrogen and oxygen atoms in total. The molecule has 2 aromatic rings. The molecule has 0 aliphatic carbocycles. The summed E-state index contributed by atoms with van der Waals surface area (Å²) in [6, 6.07) is 8.42. The number of nitrogens with zero attached hydrogens (tertiary/aromatic N) is 3. The first kappa shape index (κ1) is 19.0. The van der Waals surface area contributed by atoms with Gasteiger partial charge in [0.25, 0.3) is 11.6 Å². The molecule has 0 atom stereocenters. The van der Waals surface area contributed by atoms with Crippen molar-refractivity contribution in [3.63, 3.8) is 0 Å². The zero-order valence-electron chi connectivity index (χ0n) is 14.6. The predicted molar refractivity (Wildman–Crippen MR) is 97.8 cm³/mol. The second-order valence-corrected chi connectivity index (χ2v) is 5.91. The summed E-state index contributed by atoms with van der Waals surface area (Å²) in [5.41, 5.74) is 4.13. The van der Waals surface area contributed by atoms with Crippen molar-refractivity contribution < 1.29 is 24.1 Å². The van der Waals surface area contributed by atoms with E-state index in [1.165, 1.54) is 0 Å². The Morgan fingerprint density at radius 1 is 1.07 bits per heavy atom. The lowest BCUT2D eigenvalue weighted by Crippen LogP contribution is -2.36. The molecule has 1 fully saturated rings. The number of anilines is 1. The van der Waals surface area contributed by atoms with Gasteiger partial charge < -0.3 is 20.1 Å². The van der Waals surface area contributed by atoms with E-state index < -0.39 is 32.7 Å². The number of primary amides is 1. The first-order valence-corrected chi connectivity index (χ1v) is 8.24. The first-order chi connectivity index (χ1) is 13.4. The second kappa shape index (κ2) is 7.88. The van der Waals surface area contributed by atoms with Crippen molar-refractivity contribution >= 4 is 23.0 Å². The van der Waals surface area contributed by atoms with E-state index in [2.05, 4.69) is 4.90 Å². The van der Waals surface area contributed by atoms with Crippen molar-refractivity contribution in [2.45, 2.75) is 0 Å². The third-order valence-corrected chi connectivity index (χ3v) is 4.16. The molecule has 0 spiro atoms. The van der Waals surface area contributed by atoms with Crippen molar-refractivity contribution in [3.05, 3.63) is 62.2 Å². The highest BCUT2D eigenvalue weighted by Gasteiger charge is 2.28. The standard InChI is InChI=1S/C17H16N4O7/c18-17(22)13-9-16(15(21(25)26)10-14(13)20(23)24)28-12-3-1-2-11(8-12)19-4-6-27-7-5-19/h1-3,8-10H,4-7H2,(H2,18,22). The number of amides is 1. The molecule has 0 saturated carbocycles. The zero-order valence-corrected chi connectivity index (χ0v) is 14.6. The normalized spacial score (nSPS) is 13.8. The lowest BCUT2D eigenvalue weighted by atomic mass is 10.1. The summed E-state index contributed by atoms with van der Waals surface area (Å²) in [7, 11) is 0. The van der Waals surface area contributed by atoms with Gasteiger partial charge in [0, 0.05) is 30.9 Å². The molecule has 0 aromatic heterocycles. The zero-order chi connectivity index (χ0) is 20.3. The Morgan fingerprint density at radius 2 is 1.75 bits per heavy atom. The van der Waals surface area contributed by atoms with E-state index in [0.717, 1.165) is 11.8 Å². The minimum absolute atomic E-state index is 0.274. The Morgan fingerprint density at radius 3 is 2.36 bits per heavy atom. The van der Waals surface area contributed by atoms with Gasteiger partial charge in [-0.3, -0.25) is 25.0 Å². The van der Waals surface area contributed by atoms with Gasteiger partial charge in [-0.2, -0.15) is 0 Å². The van der Waals surface area contributed by atoms with Crippen LogP contribution in [0.15, 0.2) is 36.4 Å². The number of hydrogen-bond acceptors (Lipinski definition) is 8. The maximum Gasteiger partial charge on any atom is 0.318 e. The highest BCUT2D eigenvalue weighted by atomic mass is 16.6. The molecule has 28 heavy (non-hydrogen) atoms. The van der Waals surface area contributed by atoms with E-state index >= 15 is 0 Å². The van der Waals surface area contributed by atoms with E-state index in [1.807, 2.05) is 6.07 Å². The van der Waals surface area contributed by atoms with Crippen molar-refractivity contribution in [3.8, 4) is 11.5 Å². The second-order valence-electron chi connectivity index (χ2n) is 5.91. The van der Waals surface area contributed by atoms with Crippen LogP contribution in [0.5, 0.6) is 11.5 Å². The molecule has 1 amide bonds. The van der Waals surface area contributed by atoms with Crippen molar-refractivity contribution in [1.82, 2.24) is 0 Å². The van der Waals surface area contributed by atoms with Crippen LogP contribution in [0.25, 0.3) is 0 Å². The fraction of sp³-hybridized carbons (Fsp3) is 0.235. The Hall–Kier alpha value is -3.73. The minimum atomic E-state index is -1.09. The van der Waals surface area contributed by atoms with Crippen LogP contribution in [0.1, 0.15) is 10.4 Å². The predicted octanol–water partition coefficient (Wildman–Crippen LogP) is 2.23. The number of morpholine rings is 1. The number of carbonyl (C=O) groups is 1. The van der Waals surface area contributed by atoms with Gasteiger partial charge in [-0.25, -0.2) is 0 Å². The van der Waals surface area contributed by atoms with Crippen molar-refractivity contribution in [2.24, 2.45) is 5.73 Å². The fourth-order valence-electron chi connectivity index (χ4n) is 2.82. The number of rotatable bonds is 6. The largest absolute Gasteiger partial charge is 0.450 e. The molecule has 1 heterocycles. The van der Waals surface area contributed by atoms with Gasteiger partial charge in [-0.05, 0) is 12.1 Å². The van der Waals surface area contributed by atoms with Gasteiger partial charge >= 0.3 is 5.69 Å². The van der Waals surface area contributed by atoms with Crippen molar-refractivity contribution in [1.29, 1.82) is 0 Å². The van der Waals surface area contributed by atoms with Gasteiger partial charge in [0.2, 0.25) is 5.75 Å². The average molecular weight is 388 g/mol. The third-order valence-electron chi connectivity index (χ3n) is 4.16. The Labute approximate surface area is 158 Å². The minimum Gasteiger partial charge on any atom is -0.450 e. The van der Waals surface area contributed by atoms with Crippen LogP contribution in [-0.4, -0.2) is 42.1 Å². The Balaban J connectivity index is 1.99. The number of hydrogen-bond donors (Lipinski definition) is 1. The molecular formula is C17H16N4O7. The van der Waals surface area contributed by atoms with Crippen LogP contribution in [0.2, 0.25) is 0 Å². The van der Waals surface area contributed by atoms with Crippen LogP contribution < -0.4 is 15.4 Å². The number of carbonyl (C=O) groups excluding carboxylic acids is 1. The molecule has 11 heteroatoms. The molecule has 3 rings (SSSR count). The molecule has 2 N–H and O–H groups in total. The lowest BCUT2D eigenvalue weighted by Gasteiger charge is -2.29. The van der Waals surface area contributed by atoms with Gasteiger partial charge in [0.1, 0.15) is 11.3 Å². The molecular weight excluding hydrogens is 372 g/mol. The quantitative estimate of drug-likeness (QED) is 0.584. The van der Waals surface area contributed by atoms with Crippen LogP contribution in [0.4, 0.5) is 17.1 Å². The number of nitro benzene ring substituents is 2. The van der Waals surface area contributed by atoms with E-state index in [0.29, 0.717) is 32.4 Å². The highest BCUT2D eigenvalue weighted by Crippen LogP contribution is 2.37. The number of nitrogens with two attached hydrogens (primary N) is 1. The third kappa shape index (κ3) is 3.99. The average Bonchev–Trinajstić information content (AvgIpc) is 2.68. The molecule has 0 radical (unpaired) electrons. The molecule has 0 bridgehead atoms. The maximum absolute atomic E-state index is 11.5. The van der Waals surface area contributed by atoms with E-state index in [9.17, 15) is 25.0 Å². The highest BCUT2D eigenvalue weighted by molar-refractivity contribution is 5.98. The smallest absolute Gasteiger partial charge is 0.318 e. The lowest BCUT2D eigenvalue weighted by molar-refractivity contribution is -0.394. The van der Waals surface area contributed by atoms with Crippen LogP contribution >= 0.6 is 0 Å². The van der Waals surface area contributed by atoms with Crippen LogP contribution in [-0.2, 0) is 4.74 Å². The summed E-state index contributed by atoms with van der Waals surface area (Å²) in [5.74, 6) is -1.13. The number of nitro groups is 2. The molecule has 146 valence electrons. The van der Waals surface area contributed by atoms with Crippen molar-refractivity contribution in [2.75, 3.05) is 31.2 Å². The summed E-state index contributed by atoms with van der Waals surface area (Å²) in [4.78, 5) is 34.3. The number of ether oxygens (including phenoxy) is 2. The molecule has 1 aliphatic rings. The van der Waals surface area contributed by atoms with Gasteiger partial charge in [-0.15, -0.1) is 0 Å². The fourth-order valence-corrected chi connectivity index (χ4v) is 2.82. The Bertz CT molecular complexity index is 941. The summed E-state index contributed by atoms with van der Waals surface area (Å²) < 4.78 is 10.9. The summed E-state index contributed by atoms with van der Waals surface area (Å²) in [6.07, 6.45) is 0. The van der Waals surface area contributed by atoms with E-state index in [1.54, 1.807) is 18.2 Å². The van der Waals surface area contributed by atoms with Crippen LogP contribution in [0, 0.1) is 20.2 Å². The van der Waals surface area contributed by atoms with E-state index in [4.69, 9.17) is 15.2 Å². The summed E-state index contributed by atoms with van der Waals surface area (Å²) in [5, 5.41) is 22.5. The van der Waals surface area contributed by atoms with Gasteiger partial charge in [-0.1, -0.05) is 6.07 Å². The topological polar surface area (TPSA) is 151 Å². The molecule has 1 aliphatic heterocycles. The Kier molecular flexibility index (Phi) is 5.36. The SMILES string of the molecule is NC(=O)c1cc(Oc2cccc(N3CCOCC3)c2)c([N+](=O)[O-])cc1[N+](=O)[O-]. The van der Waals surface area contributed by atoms with Gasteiger partial charge in [0.05, 0.1) is 29.1 Å². The maximum atomic E-state index is 11.5.